The first kappa shape index (κ1) is 94.8. The highest BCUT2D eigenvalue weighted by Crippen LogP contribution is 2.20. The van der Waals surface area contributed by atoms with E-state index in [9.17, 15) is 19.8 Å². The molecule has 0 aliphatic rings. The maximum Gasteiger partial charge on any atom is 0.305 e. The van der Waals surface area contributed by atoms with Crippen molar-refractivity contribution in [2.75, 3.05) is 13.2 Å². The van der Waals surface area contributed by atoms with Gasteiger partial charge in [-0.05, 0) is 89.9 Å². The highest BCUT2D eigenvalue weighted by atomic mass is 16.5. The third kappa shape index (κ3) is 82.7. The Morgan fingerprint density at radius 3 is 0.794 bits per heavy atom. The third-order valence-electron chi connectivity index (χ3n) is 20.8. The van der Waals surface area contributed by atoms with Gasteiger partial charge < -0.3 is 20.3 Å². The van der Waals surface area contributed by atoms with Crippen molar-refractivity contribution < 1.29 is 24.5 Å². The van der Waals surface area contributed by atoms with E-state index < -0.39 is 12.1 Å². The molecule has 2 atom stereocenters. The predicted octanol–water partition coefficient (Wildman–Crippen LogP) is 29.9. The van der Waals surface area contributed by atoms with Crippen molar-refractivity contribution in [3.63, 3.8) is 0 Å². The molecule has 6 heteroatoms. The van der Waals surface area contributed by atoms with E-state index in [-0.39, 0.29) is 18.5 Å². The molecule has 0 bridgehead atoms. The van der Waals surface area contributed by atoms with Gasteiger partial charge in [-0.2, -0.15) is 0 Å². The van der Waals surface area contributed by atoms with E-state index in [1.54, 1.807) is 6.08 Å². The quantitative estimate of drug-likeness (QED) is 0.0320. The van der Waals surface area contributed by atoms with E-state index in [1.165, 1.54) is 424 Å². The Morgan fingerprint density at radius 2 is 0.515 bits per heavy atom. The number of esters is 1. The largest absolute Gasteiger partial charge is 0.466 e. The van der Waals surface area contributed by atoms with Crippen molar-refractivity contribution in [1.29, 1.82) is 0 Å². The Hall–Kier alpha value is -2.18. The van der Waals surface area contributed by atoms with Gasteiger partial charge in [0.05, 0.1) is 25.4 Å². The van der Waals surface area contributed by atoms with Gasteiger partial charge >= 0.3 is 5.97 Å². The second-order valence-electron chi connectivity index (χ2n) is 30.6. The van der Waals surface area contributed by atoms with Crippen LogP contribution in [0.3, 0.4) is 0 Å². The number of nitrogens with one attached hydrogen (secondary N) is 1. The average Bonchev–Trinajstić information content (AvgIpc) is 2.51. The molecule has 0 aromatic carbocycles. The molecule has 0 heterocycles. The number of aliphatic hydroxyl groups excluding tert-OH is 2. The van der Waals surface area contributed by atoms with Crippen LogP contribution in [-0.4, -0.2) is 47.4 Å². The Balaban J connectivity index is 3.36. The minimum absolute atomic E-state index is 0.0206. The summed E-state index contributed by atoms with van der Waals surface area (Å²) in [4.78, 5) is 24.7. The van der Waals surface area contributed by atoms with Gasteiger partial charge in [0.1, 0.15) is 0 Å². The number of carbonyl (C=O) groups excluding carboxylic acids is 2. The highest BCUT2D eigenvalue weighted by Gasteiger charge is 2.18. The minimum atomic E-state index is -0.844. The second-order valence-corrected chi connectivity index (χ2v) is 30.6. The highest BCUT2D eigenvalue weighted by molar-refractivity contribution is 5.76. The molecule has 0 radical (unpaired) electrons. The lowest BCUT2D eigenvalue weighted by Crippen LogP contribution is -2.45. The zero-order chi connectivity index (χ0) is 69.8. The molecule has 3 N–H and O–H groups in total. The van der Waals surface area contributed by atoms with Gasteiger partial charge in [-0.1, -0.05) is 441 Å². The fraction of sp³-hybridized carbons (Fsp3) is 0.890. The summed E-state index contributed by atoms with van der Waals surface area (Å²) < 4.78 is 5.52. The lowest BCUT2D eigenvalue weighted by atomic mass is 10.0. The minimum Gasteiger partial charge on any atom is -0.466 e. The van der Waals surface area contributed by atoms with Crippen LogP contribution in [0.5, 0.6) is 0 Å². The number of hydrogen-bond donors (Lipinski definition) is 3. The molecule has 0 aliphatic heterocycles. The van der Waals surface area contributed by atoms with Crippen LogP contribution >= 0.6 is 0 Å². The van der Waals surface area contributed by atoms with Crippen LogP contribution in [0.25, 0.3) is 0 Å². The molecule has 0 aliphatic carbocycles. The Bertz CT molecular complexity index is 1620. The van der Waals surface area contributed by atoms with Crippen LogP contribution in [-0.2, 0) is 14.3 Å². The summed E-state index contributed by atoms with van der Waals surface area (Å²) >= 11 is 0. The molecule has 0 saturated carbocycles. The molecule has 2 unspecified atom stereocenters. The maximum atomic E-state index is 12.6. The molecule has 97 heavy (non-hydrogen) atoms. The number of rotatable bonds is 84. The van der Waals surface area contributed by atoms with E-state index in [0.717, 1.165) is 44.9 Å². The zero-order valence-electron chi connectivity index (χ0n) is 65.8. The normalized spacial score (nSPS) is 12.7. The van der Waals surface area contributed by atoms with E-state index in [2.05, 4.69) is 55.6 Å². The molecular weight excluding hydrogens is 1190 g/mol. The first-order valence-electron chi connectivity index (χ1n) is 44.4. The predicted molar refractivity (Wildman–Crippen MR) is 430 cm³/mol. The number of hydrogen-bond acceptors (Lipinski definition) is 5. The van der Waals surface area contributed by atoms with Crippen molar-refractivity contribution >= 4 is 11.9 Å². The number of unbranched alkanes of at least 4 members (excludes halogenated alkanes) is 67. The summed E-state index contributed by atoms with van der Waals surface area (Å²) in [6, 6.07) is -0.627. The molecule has 0 rings (SSSR count). The molecule has 0 spiro atoms. The van der Waals surface area contributed by atoms with Gasteiger partial charge in [0.15, 0.2) is 0 Å². The maximum absolute atomic E-state index is 12.6. The monoisotopic (exact) mass is 1360 g/mol. The first-order chi connectivity index (χ1) is 48.0. The van der Waals surface area contributed by atoms with Gasteiger partial charge in [-0.15, -0.1) is 0 Å². The number of amides is 1. The van der Waals surface area contributed by atoms with Crippen molar-refractivity contribution in [3.8, 4) is 0 Å². The number of ether oxygens (including phenoxy) is 1. The summed E-state index contributed by atoms with van der Waals surface area (Å²) in [5.74, 6) is -0.0394. The fourth-order valence-corrected chi connectivity index (χ4v) is 14.1. The van der Waals surface area contributed by atoms with Gasteiger partial charge in [0.25, 0.3) is 0 Å². The Kier molecular flexibility index (Phi) is 84.3. The first-order valence-corrected chi connectivity index (χ1v) is 44.4. The fourth-order valence-electron chi connectivity index (χ4n) is 14.1. The van der Waals surface area contributed by atoms with E-state index in [1.807, 2.05) is 6.08 Å². The summed E-state index contributed by atoms with van der Waals surface area (Å²) in [7, 11) is 0. The standard InChI is InChI=1S/C91H173NO5/c1-3-5-7-9-11-13-15-17-19-21-23-24-44-48-51-55-59-63-67-71-75-79-83-89(94)88(87-93)92-90(95)84-80-76-72-68-64-60-56-52-49-45-42-40-38-36-34-32-30-28-26-25-27-29-31-33-35-37-39-41-43-46-50-54-58-62-66-70-74-78-82-86-97-91(96)85-81-77-73-69-65-61-57-53-47-22-20-18-16-14-12-10-8-6-4-2/h18,20,25-26,29,31,79,83,88-89,93-94H,3-17,19,21-24,27-28,30,32-78,80-82,84-87H2,1-2H3,(H,92,95)/b20-18-,26-25-,31-29-,83-79+. The van der Waals surface area contributed by atoms with E-state index >= 15 is 0 Å². The van der Waals surface area contributed by atoms with Crippen LogP contribution in [0, 0.1) is 0 Å². The summed E-state index contributed by atoms with van der Waals surface area (Å²) in [5.41, 5.74) is 0. The molecule has 1 amide bonds. The lowest BCUT2D eigenvalue weighted by molar-refractivity contribution is -0.143. The van der Waals surface area contributed by atoms with Crippen LogP contribution in [0.15, 0.2) is 48.6 Å². The van der Waals surface area contributed by atoms with E-state index in [0.29, 0.717) is 19.4 Å². The summed E-state index contributed by atoms with van der Waals surface area (Å²) in [5, 5.41) is 23.3. The van der Waals surface area contributed by atoms with Crippen molar-refractivity contribution in [1.82, 2.24) is 5.32 Å². The zero-order valence-corrected chi connectivity index (χ0v) is 65.8. The second kappa shape index (κ2) is 86.2. The van der Waals surface area contributed by atoms with Crippen LogP contribution in [0.2, 0.25) is 0 Å². The van der Waals surface area contributed by atoms with Crippen molar-refractivity contribution in [3.05, 3.63) is 48.6 Å². The molecule has 572 valence electrons. The Labute approximate surface area is 607 Å². The van der Waals surface area contributed by atoms with Crippen LogP contribution < -0.4 is 5.32 Å². The third-order valence-corrected chi connectivity index (χ3v) is 20.8. The van der Waals surface area contributed by atoms with E-state index in [4.69, 9.17) is 4.74 Å². The summed E-state index contributed by atoms with van der Waals surface area (Å²) in [6.45, 7) is 4.96. The Morgan fingerprint density at radius 1 is 0.289 bits per heavy atom. The van der Waals surface area contributed by atoms with Crippen LogP contribution in [0.1, 0.15) is 495 Å². The van der Waals surface area contributed by atoms with Gasteiger partial charge in [0, 0.05) is 12.8 Å². The number of aliphatic hydroxyl groups is 2. The molecular formula is C91H173NO5. The lowest BCUT2D eigenvalue weighted by Gasteiger charge is -2.20. The van der Waals surface area contributed by atoms with Gasteiger partial charge in [0.2, 0.25) is 5.91 Å². The summed E-state index contributed by atoms with van der Waals surface area (Å²) in [6.07, 6.45) is 116. The molecule has 0 aromatic heterocycles. The van der Waals surface area contributed by atoms with Crippen molar-refractivity contribution in [2.45, 2.75) is 508 Å². The van der Waals surface area contributed by atoms with Crippen molar-refractivity contribution in [2.24, 2.45) is 0 Å². The van der Waals surface area contributed by atoms with Crippen LogP contribution in [0.4, 0.5) is 0 Å². The molecule has 0 fully saturated rings. The smallest absolute Gasteiger partial charge is 0.305 e. The number of carbonyl (C=O) groups is 2. The molecule has 0 aromatic rings. The number of allylic oxidation sites excluding steroid dienone is 7. The molecule has 0 saturated heterocycles. The van der Waals surface area contributed by atoms with Gasteiger partial charge in [-0.3, -0.25) is 9.59 Å². The topological polar surface area (TPSA) is 95.9 Å². The molecule has 6 nitrogen and oxygen atoms in total. The SMILES string of the molecule is CCCCCCCC/C=C\CCCCCCCCCCCC(=O)OCCCCCCCCCCCCCCCCC/C=C\C/C=C\CCCCCCCCCCCCCCCCCCCC(=O)NC(CO)C(O)/C=C/CCCCCCCCCCCCCCCCCCCCCC. The van der Waals surface area contributed by atoms with Gasteiger partial charge in [-0.25, -0.2) is 0 Å². The average molecular weight is 1360 g/mol.